The third-order valence-electron chi connectivity index (χ3n) is 4.17. The van der Waals surface area contributed by atoms with Gasteiger partial charge in [0.2, 0.25) is 0 Å². The Bertz CT molecular complexity index is 516. The molecular weight excluding hydrogens is 302 g/mol. The van der Waals surface area contributed by atoms with Crippen molar-refractivity contribution in [1.82, 2.24) is 0 Å². The fourth-order valence-corrected chi connectivity index (χ4v) is 2.96. The van der Waals surface area contributed by atoms with E-state index >= 15 is 0 Å². The molecule has 0 spiro atoms. The van der Waals surface area contributed by atoms with Gasteiger partial charge in [-0.1, -0.05) is 38.1 Å². The van der Waals surface area contributed by atoms with E-state index in [2.05, 4.69) is 14.1 Å². The molecule has 0 bridgehead atoms. The lowest BCUT2D eigenvalue weighted by Crippen LogP contribution is -3.00. The van der Waals surface area contributed by atoms with Crippen molar-refractivity contribution in [2.75, 3.05) is 27.2 Å². The smallest absolute Gasteiger partial charge is 0.340 e. The molecule has 0 radical (unpaired) electrons. The molecule has 2 unspecified atom stereocenters. The number of carbonyl (C=O) groups is 1. The van der Waals surface area contributed by atoms with Crippen LogP contribution in [0.5, 0.6) is 0 Å². The first-order valence-electron chi connectivity index (χ1n) is 7.59. The maximum Gasteiger partial charge on any atom is 0.340 e. The van der Waals surface area contributed by atoms with Crippen LogP contribution in [-0.2, 0) is 9.53 Å². The van der Waals surface area contributed by atoms with Crippen LogP contribution in [0.1, 0.15) is 43.4 Å². The van der Waals surface area contributed by atoms with Gasteiger partial charge in [-0.05, 0) is 17.0 Å². The Hall–Kier alpha value is -1.10. The number of ether oxygens (including phenoxy) is 1. The lowest BCUT2D eigenvalue weighted by molar-refractivity contribution is -0.879. The summed E-state index contributed by atoms with van der Waals surface area (Å²) in [5, 5.41) is 10.3. The van der Waals surface area contributed by atoms with Gasteiger partial charge in [-0.25, -0.2) is 4.79 Å². The van der Waals surface area contributed by atoms with Gasteiger partial charge in [-0.3, -0.25) is 0 Å². The van der Waals surface area contributed by atoms with E-state index in [0.717, 1.165) is 29.6 Å². The molecule has 4 nitrogen and oxygen atoms in total. The first kappa shape index (κ1) is 18.9. The number of halogens is 1. The maximum absolute atomic E-state index is 12.2. The average Bonchev–Trinajstić information content (AvgIpc) is 2.76. The highest BCUT2D eigenvalue weighted by molar-refractivity contribution is 5.77. The summed E-state index contributed by atoms with van der Waals surface area (Å²) in [7, 11) is 4.25. The molecule has 1 saturated heterocycles. The van der Waals surface area contributed by atoms with Crippen molar-refractivity contribution in [3.05, 3.63) is 35.4 Å². The summed E-state index contributed by atoms with van der Waals surface area (Å²) < 4.78 is 6.35. The minimum atomic E-state index is -1.19. The molecule has 2 atom stereocenters. The van der Waals surface area contributed by atoms with Gasteiger partial charge in [0.15, 0.2) is 12.2 Å². The van der Waals surface area contributed by atoms with E-state index in [0.29, 0.717) is 5.56 Å². The van der Waals surface area contributed by atoms with Gasteiger partial charge in [0.1, 0.15) is 6.54 Å². The zero-order chi connectivity index (χ0) is 15.6. The second-order valence-electron chi connectivity index (χ2n) is 6.88. The number of hydrogen-bond acceptors (Lipinski definition) is 3. The molecule has 22 heavy (non-hydrogen) atoms. The molecule has 0 aromatic heterocycles. The lowest BCUT2D eigenvalue weighted by atomic mass is 9.94. The predicted octanol–water partition coefficient (Wildman–Crippen LogP) is -0.761. The van der Waals surface area contributed by atoms with Gasteiger partial charge < -0.3 is 26.7 Å². The van der Waals surface area contributed by atoms with Gasteiger partial charge in [-0.15, -0.1) is 0 Å². The number of carbonyl (C=O) groups excluding carboxylic acids is 1. The molecule has 2 rings (SSSR count). The van der Waals surface area contributed by atoms with Crippen LogP contribution in [0.4, 0.5) is 0 Å². The molecule has 0 aliphatic carbocycles. The molecule has 0 saturated carbocycles. The van der Waals surface area contributed by atoms with Crippen molar-refractivity contribution in [3.63, 3.8) is 0 Å². The van der Waals surface area contributed by atoms with Gasteiger partial charge >= 0.3 is 5.97 Å². The van der Waals surface area contributed by atoms with E-state index in [-0.39, 0.29) is 24.4 Å². The molecule has 1 aliphatic rings. The van der Waals surface area contributed by atoms with E-state index in [9.17, 15) is 9.90 Å². The number of aliphatic hydroxyl groups excluding tert-OH is 1. The van der Waals surface area contributed by atoms with E-state index in [4.69, 9.17) is 4.74 Å². The maximum atomic E-state index is 12.2. The van der Waals surface area contributed by atoms with Crippen molar-refractivity contribution >= 4 is 5.97 Å². The van der Waals surface area contributed by atoms with Crippen molar-refractivity contribution in [2.24, 2.45) is 0 Å². The van der Waals surface area contributed by atoms with Gasteiger partial charge in [-0.2, -0.15) is 0 Å². The highest BCUT2D eigenvalue weighted by Gasteiger charge is 2.35. The summed E-state index contributed by atoms with van der Waals surface area (Å²) in [6, 6.07) is 7.52. The summed E-state index contributed by atoms with van der Waals surface area (Å²) >= 11 is 0. The first-order chi connectivity index (χ1) is 9.80. The number of benzene rings is 1. The predicted molar refractivity (Wildman–Crippen MR) is 81.8 cm³/mol. The second-order valence-corrected chi connectivity index (χ2v) is 6.88. The van der Waals surface area contributed by atoms with Crippen molar-refractivity contribution in [1.29, 1.82) is 0 Å². The number of quaternary nitrogens is 1. The molecule has 1 heterocycles. The van der Waals surface area contributed by atoms with Crippen LogP contribution < -0.4 is 12.4 Å². The van der Waals surface area contributed by atoms with E-state index in [1.54, 1.807) is 6.07 Å². The SMILES string of the molecule is CC(C)c1ccccc1C(O)C(=O)OC1CC[N+](C)(C)C1.[Cl-]. The van der Waals surface area contributed by atoms with Crippen LogP contribution in [-0.4, -0.2) is 48.8 Å². The van der Waals surface area contributed by atoms with E-state index < -0.39 is 12.1 Å². The third kappa shape index (κ3) is 4.45. The van der Waals surface area contributed by atoms with E-state index in [1.807, 2.05) is 32.0 Å². The summed E-state index contributed by atoms with van der Waals surface area (Å²) in [4.78, 5) is 12.2. The quantitative estimate of drug-likeness (QED) is 0.584. The number of aliphatic hydroxyl groups is 1. The average molecular weight is 328 g/mol. The molecule has 1 aliphatic heterocycles. The highest BCUT2D eigenvalue weighted by atomic mass is 35.5. The van der Waals surface area contributed by atoms with Crippen LogP contribution in [0.15, 0.2) is 24.3 Å². The number of rotatable bonds is 4. The lowest BCUT2D eigenvalue weighted by Gasteiger charge is -2.23. The standard InChI is InChI=1S/C17H26NO3.ClH/c1-12(2)14-7-5-6-8-15(14)16(19)17(20)21-13-9-10-18(3,4)11-13;/h5-8,12-13,16,19H,9-11H2,1-4H3;1H/q+1;/p-1. The number of nitrogens with zero attached hydrogens (tertiary/aromatic N) is 1. The fourth-order valence-electron chi connectivity index (χ4n) is 2.96. The Kier molecular flexibility index (Phi) is 6.41. The minimum absolute atomic E-state index is 0. The molecule has 1 aromatic carbocycles. The van der Waals surface area contributed by atoms with Gasteiger partial charge in [0.25, 0.3) is 0 Å². The van der Waals surface area contributed by atoms with Crippen molar-refractivity contribution in [2.45, 2.75) is 38.4 Å². The van der Waals surface area contributed by atoms with Crippen molar-refractivity contribution < 1.29 is 31.5 Å². The summed E-state index contributed by atoms with van der Waals surface area (Å²) in [5.74, 6) is -0.277. The van der Waals surface area contributed by atoms with E-state index in [1.165, 1.54) is 0 Å². The number of hydrogen-bond donors (Lipinski definition) is 1. The first-order valence-corrected chi connectivity index (χ1v) is 7.59. The Labute approximate surface area is 139 Å². The molecule has 124 valence electrons. The van der Waals surface area contributed by atoms with Crippen LogP contribution in [0.2, 0.25) is 0 Å². The monoisotopic (exact) mass is 327 g/mol. The Balaban J connectivity index is 0.00000242. The zero-order valence-electron chi connectivity index (χ0n) is 13.8. The summed E-state index contributed by atoms with van der Waals surface area (Å²) in [5.41, 5.74) is 1.65. The van der Waals surface area contributed by atoms with Crippen LogP contribution in [0.25, 0.3) is 0 Å². The van der Waals surface area contributed by atoms with Crippen LogP contribution >= 0.6 is 0 Å². The largest absolute Gasteiger partial charge is 1.00 e. The highest BCUT2D eigenvalue weighted by Crippen LogP contribution is 2.27. The summed E-state index contributed by atoms with van der Waals surface area (Å²) in [6.45, 7) is 5.91. The van der Waals surface area contributed by atoms with Crippen LogP contribution in [0, 0.1) is 0 Å². The van der Waals surface area contributed by atoms with Crippen LogP contribution in [0.3, 0.4) is 0 Å². The van der Waals surface area contributed by atoms with Gasteiger partial charge in [0.05, 0.1) is 20.6 Å². The third-order valence-corrected chi connectivity index (χ3v) is 4.17. The number of likely N-dealkylation sites (N-methyl/N-ethyl adjacent to an activating group) is 1. The molecule has 0 amide bonds. The normalized spacial score (nSPS) is 21.3. The zero-order valence-corrected chi connectivity index (χ0v) is 14.5. The molecule has 1 N–H and O–H groups in total. The molecular formula is C17H26ClNO3. The number of likely N-dealkylation sites (tertiary alicyclic amines) is 1. The Morgan fingerprint density at radius 3 is 2.36 bits per heavy atom. The molecule has 5 heteroatoms. The Morgan fingerprint density at radius 1 is 1.27 bits per heavy atom. The number of esters is 1. The second kappa shape index (κ2) is 7.44. The summed E-state index contributed by atoms with van der Waals surface area (Å²) in [6.07, 6.45) is -0.426. The molecule has 1 fully saturated rings. The fraction of sp³-hybridized carbons (Fsp3) is 0.588. The van der Waals surface area contributed by atoms with Crippen molar-refractivity contribution in [3.8, 4) is 0 Å². The molecule has 1 aromatic rings. The minimum Gasteiger partial charge on any atom is -1.00 e. The topological polar surface area (TPSA) is 46.5 Å². The van der Waals surface area contributed by atoms with Gasteiger partial charge in [0, 0.05) is 6.42 Å². The Morgan fingerprint density at radius 2 is 1.86 bits per heavy atom.